The molecule has 1 saturated carbocycles. The van der Waals surface area contributed by atoms with Crippen LogP contribution in [-0.2, 0) is 4.79 Å². The Kier molecular flexibility index (Phi) is 4.32. The van der Waals surface area contributed by atoms with Gasteiger partial charge in [-0.25, -0.2) is 9.59 Å². The van der Waals surface area contributed by atoms with Crippen LogP contribution in [0, 0.1) is 5.92 Å². The number of carbonyl (C=O) groups is 2. The zero-order valence-electron chi connectivity index (χ0n) is 11.7. The fourth-order valence-electron chi connectivity index (χ4n) is 3.17. The molecule has 5 nitrogen and oxygen atoms in total. The summed E-state index contributed by atoms with van der Waals surface area (Å²) in [4.78, 5) is 25.4. The third-order valence-corrected chi connectivity index (χ3v) is 4.68. The first-order valence-electron chi connectivity index (χ1n) is 7.38. The molecule has 0 aromatic rings. The number of likely N-dealkylation sites (tertiary alicyclic amines) is 1. The summed E-state index contributed by atoms with van der Waals surface area (Å²) in [7, 11) is 0. The standard InChI is InChI=1S/C14H24N2O3/c1-2-11-5-7-14(8-6-11,12(17)18)15-13(19)16-9-3-4-10-16/h11H,2-10H2,1H3,(H,15,19)(H,17,18). The number of carboxylic acids is 1. The van der Waals surface area contributed by atoms with Crippen molar-refractivity contribution in [3.63, 3.8) is 0 Å². The third kappa shape index (κ3) is 3.01. The van der Waals surface area contributed by atoms with E-state index in [0.29, 0.717) is 18.8 Å². The normalized spacial score (nSPS) is 31.2. The van der Waals surface area contributed by atoms with Gasteiger partial charge in [-0.2, -0.15) is 0 Å². The van der Waals surface area contributed by atoms with E-state index < -0.39 is 11.5 Å². The predicted molar refractivity (Wildman–Crippen MR) is 72.0 cm³/mol. The number of hydrogen-bond acceptors (Lipinski definition) is 2. The number of aliphatic carboxylic acids is 1. The Labute approximate surface area is 114 Å². The molecule has 1 heterocycles. The molecule has 0 radical (unpaired) electrons. The van der Waals surface area contributed by atoms with Crippen molar-refractivity contribution in [1.29, 1.82) is 0 Å². The van der Waals surface area contributed by atoms with E-state index in [1.807, 2.05) is 0 Å². The summed E-state index contributed by atoms with van der Waals surface area (Å²) in [6.07, 6.45) is 6.03. The summed E-state index contributed by atoms with van der Waals surface area (Å²) in [6.45, 7) is 3.64. The zero-order chi connectivity index (χ0) is 13.9. The molecule has 0 bridgehead atoms. The molecule has 0 aromatic carbocycles. The molecular weight excluding hydrogens is 244 g/mol. The van der Waals surface area contributed by atoms with Gasteiger partial charge in [0.15, 0.2) is 0 Å². The van der Waals surface area contributed by atoms with Gasteiger partial charge in [0.1, 0.15) is 5.54 Å². The number of rotatable bonds is 3. The first-order chi connectivity index (χ1) is 9.07. The van der Waals surface area contributed by atoms with Gasteiger partial charge in [0, 0.05) is 13.1 Å². The Morgan fingerprint density at radius 2 is 1.84 bits per heavy atom. The van der Waals surface area contributed by atoms with Crippen molar-refractivity contribution >= 4 is 12.0 Å². The molecule has 2 fully saturated rings. The predicted octanol–water partition coefficient (Wildman–Crippen LogP) is 2.22. The van der Waals surface area contributed by atoms with Gasteiger partial charge in [0.25, 0.3) is 0 Å². The molecule has 0 unspecified atom stereocenters. The molecule has 1 aliphatic carbocycles. The minimum absolute atomic E-state index is 0.199. The molecular formula is C14H24N2O3. The van der Waals surface area contributed by atoms with Gasteiger partial charge in [-0.05, 0) is 44.4 Å². The molecule has 2 amide bonds. The van der Waals surface area contributed by atoms with Crippen LogP contribution in [0.15, 0.2) is 0 Å². The largest absolute Gasteiger partial charge is 0.480 e. The van der Waals surface area contributed by atoms with E-state index in [1.165, 1.54) is 0 Å². The van der Waals surface area contributed by atoms with Gasteiger partial charge < -0.3 is 15.3 Å². The van der Waals surface area contributed by atoms with Crippen LogP contribution < -0.4 is 5.32 Å². The molecule has 1 saturated heterocycles. The molecule has 2 N–H and O–H groups in total. The van der Waals surface area contributed by atoms with Crippen LogP contribution in [0.1, 0.15) is 51.9 Å². The second-order valence-corrected chi connectivity index (χ2v) is 5.86. The molecule has 5 heteroatoms. The van der Waals surface area contributed by atoms with Crippen LogP contribution >= 0.6 is 0 Å². The third-order valence-electron chi connectivity index (χ3n) is 4.68. The number of amides is 2. The summed E-state index contributed by atoms with van der Waals surface area (Å²) >= 11 is 0. The Morgan fingerprint density at radius 3 is 2.32 bits per heavy atom. The molecule has 1 aliphatic heterocycles. The molecule has 2 aliphatic rings. The number of carbonyl (C=O) groups excluding carboxylic acids is 1. The van der Waals surface area contributed by atoms with Gasteiger partial charge in [-0.1, -0.05) is 13.3 Å². The highest BCUT2D eigenvalue weighted by Crippen LogP contribution is 2.34. The lowest BCUT2D eigenvalue weighted by molar-refractivity contribution is -0.146. The van der Waals surface area contributed by atoms with E-state index in [1.54, 1.807) is 4.90 Å². The van der Waals surface area contributed by atoms with Crippen molar-refractivity contribution in [2.45, 2.75) is 57.4 Å². The highest BCUT2D eigenvalue weighted by molar-refractivity contribution is 5.86. The fraction of sp³-hybridized carbons (Fsp3) is 0.857. The number of nitrogens with one attached hydrogen (secondary N) is 1. The lowest BCUT2D eigenvalue weighted by Crippen LogP contribution is -2.59. The smallest absolute Gasteiger partial charge is 0.329 e. The number of urea groups is 1. The van der Waals surface area contributed by atoms with Crippen LogP contribution in [0.2, 0.25) is 0 Å². The lowest BCUT2D eigenvalue weighted by atomic mass is 9.75. The summed E-state index contributed by atoms with van der Waals surface area (Å²) in [5, 5.41) is 12.3. The Balaban J connectivity index is 2.00. The van der Waals surface area contributed by atoms with Crippen molar-refractivity contribution in [2.24, 2.45) is 5.92 Å². The molecule has 2 rings (SSSR count). The Bertz CT molecular complexity index is 343. The molecule has 19 heavy (non-hydrogen) atoms. The SMILES string of the molecule is CCC1CCC(NC(=O)N2CCCC2)(C(=O)O)CC1. The van der Waals surface area contributed by atoms with Gasteiger partial charge in [0.05, 0.1) is 0 Å². The highest BCUT2D eigenvalue weighted by atomic mass is 16.4. The highest BCUT2D eigenvalue weighted by Gasteiger charge is 2.43. The monoisotopic (exact) mass is 268 g/mol. The van der Waals surface area contributed by atoms with E-state index in [0.717, 1.165) is 45.2 Å². The van der Waals surface area contributed by atoms with E-state index in [-0.39, 0.29) is 6.03 Å². The average Bonchev–Trinajstić information content (AvgIpc) is 2.93. The van der Waals surface area contributed by atoms with Crippen LogP contribution in [0.3, 0.4) is 0 Å². The second kappa shape index (κ2) is 5.80. The van der Waals surface area contributed by atoms with E-state index >= 15 is 0 Å². The maximum Gasteiger partial charge on any atom is 0.329 e. The first kappa shape index (κ1) is 14.2. The van der Waals surface area contributed by atoms with Crippen molar-refractivity contribution in [2.75, 3.05) is 13.1 Å². The van der Waals surface area contributed by atoms with Gasteiger partial charge in [-0.15, -0.1) is 0 Å². The summed E-state index contributed by atoms with van der Waals surface area (Å²) in [5.74, 6) is -0.272. The summed E-state index contributed by atoms with van der Waals surface area (Å²) < 4.78 is 0. The van der Waals surface area contributed by atoms with Crippen molar-refractivity contribution < 1.29 is 14.7 Å². The quantitative estimate of drug-likeness (QED) is 0.824. The van der Waals surface area contributed by atoms with Gasteiger partial charge in [0.2, 0.25) is 0 Å². The van der Waals surface area contributed by atoms with E-state index in [2.05, 4.69) is 12.2 Å². The Morgan fingerprint density at radius 1 is 1.26 bits per heavy atom. The summed E-state index contributed by atoms with van der Waals surface area (Å²) in [5.41, 5.74) is -1.04. The average molecular weight is 268 g/mol. The van der Waals surface area contributed by atoms with Crippen LogP contribution in [0.5, 0.6) is 0 Å². The number of hydrogen-bond donors (Lipinski definition) is 2. The van der Waals surface area contributed by atoms with E-state index in [4.69, 9.17) is 0 Å². The van der Waals surface area contributed by atoms with Gasteiger partial charge >= 0.3 is 12.0 Å². The number of nitrogens with zero attached hydrogens (tertiary/aromatic N) is 1. The maximum absolute atomic E-state index is 12.1. The van der Waals surface area contributed by atoms with Crippen LogP contribution in [0.4, 0.5) is 4.79 Å². The van der Waals surface area contributed by atoms with Crippen molar-refractivity contribution in [3.8, 4) is 0 Å². The number of carboxylic acid groups (broad SMARTS) is 1. The molecule has 0 spiro atoms. The Hall–Kier alpha value is -1.26. The second-order valence-electron chi connectivity index (χ2n) is 5.86. The molecule has 108 valence electrons. The summed E-state index contributed by atoms with van der Waals surface area (Å²) in [6, 6.07) is -0.199. The van der Waals surface area contributed by atoms with E-state index in [9.17, 15) is 14.7 Å². The molecule has 0 atom stereocenters. The first-order valence-corrected chi connectivity index (χ1v) is 7.38. The van der Waals surface area contributed by atoms with Crippen molar-refractivity contribution in [1.82, 2.24) is 10.2 Å². The van der Waals surface area contributed by atoms with Crippen molar-refractivity contribution in [3.05, 3.63) is 0 Å². The van der Waals surface area contributed by atoms with Gasteiger partial charge in [-0.3, -0.25) is 0 Å². The van der Waals surface area contributed by atoms with Crippen LogP contribution in [0.25, 0.3) is 0 Å². The minimum atomic E-state index is -1.04. The maximum atomic E-state index is 12.1. The van der Waals surface area contributed by atoms with Crippen LogP contribution in [-0.4, -0.2) is 40.6 Å². The fourth-order valence-corrected chi connectivity index (χ4v) is 3.17. The lowest BCUT2D eigenvalue weighted by Gasteiger charge is -2.38. The molecule has 0 aromatic heterocycles. The zero-order valence-corrected chi connectivity index (χ0v) is 11.7. The topological polar surface area (TPSA) is 69.6 Å². The minimum Gasteiger partial charge on any atom is -0.480 e.